The van der Waals surface area contributed by atoms with Crippen LogP contribution in [-0.2, 0) is 5.60 Å². The molecule has 2 N–H and O–H groups in total. The predicted molar refractivity (Wildman–Crippen MR) is 54.4 cm³/mol. The third kappa shape index (κ3) is 2.35. The minimum Gasteiger partial charge on any atom is -0.381 e. The number of nitrogens with zero attached hydrogens (tertiary/aromatic N) is 2. The summed E-state index contributed by atoms with van der Waals surface area (Å²) in [4.78, 5) is 4.24. The summed E-state index contributed by atoms with van der Waals surface area (Å²) in [5.41, 5.74) is -1.05. The Labute approximate surface area is 88.9 Å². The largest absolute Gasteiger partial charge is 0.381 e. The fourth-order valence-corrected chi connectivity index (χ4v) is 1.72. The molecule has 1 fully saturated rings. The standard InChI is InChI=1S/C10H17N3O2/c1-10(2,14)9-12-8(13-15-9)7-4-3-5-11-6-7/h7,11,14H,3-6H2,1-2H3. The lowest BCUT2D eigenvalue weighted by atomic mass is 9.99. The summed E-state index contributed by atoms with van der Waals surface area (Å²) in [5, 5.41) is 16.9. The van der Waals surface area contributed by atoms with Crippen LogP contribution in [0.25, 0.3) is 0 Å². The molecule has 0 saturated carbocycles. The Morgan fingerprint density at radius 1 is 1.53 bits per heavy atom. The average Bonchev–Trinajstić information content (AvgIpc) is 2.67. The lowest BCUT2D eigenvalue weighted by molar-refractivity contribution is 0.0420. The van der Waals surface area contributed by atoms with Crippen LogP contribution in [0.1, 0.15) is 44.3 Å². The summed E-state index contributed by atoms with van der Waals surface area (Å²) < 4.78 is 5.04. The SMILES string of the molecule is CC(C)(O)c1nc(C2CCCNC2)no1. The quantitative estimate of drug-likeness (QED) is 0.755. The Kier molecular flexibility index (Phi) is 2.75. The Hall–Kier alpha value is -0.940. The minimum absolute atomic E-state index is 0.295. The number of piperidine rings is 1. The van der Waals surface area contributed by atoms with Gasteiger partial charge in [-0.15, -0.1) is 0 Å². The summed E-state index contributed by atoms with van der Waals surface area (Å²) in [5.74, 6) is 1.32. The normalized spacial score (nSPS) is 23.0. The number of aromatic nitrogens is 2. The average molecular weight is 211 g/mol. The molecular formula is C10H17N3O2. The number of rotatable bonds is 2. The Morgan fingerprint density at radius 2 is 2.33 bits per heavy atom. The fourth-order valence-electron chi connectivity index (χ4n) is 1.72. The first kappa shape index (κ1) is 10.6. The maximum Gasteiger partial charge on any atom is 0.258 e. The Balaban J connectivity index is 2.12. The second-order valence-corrected chi connectivity index (χ2v) is 4.56. The molecule has 2 heterocycles. The molecule has 1 saturated heterocycles. The lowest BCUT2D eigenvalue weighted by Crippen LogP contribution is -2.29. The van der Waals surface area contributed by atoms with E-state index in [4.69, 9.17) is 4.52 Å². The zero-order valence-electron chi connectivity index (χ0n) is 9.16. The van der Waals surface area contributed by atoms with Gasteiger partial charge in [0, 0.05) is 12.5 Å². The van der Waals surface area contributed by atoms with Crippen LogP contribution in [0.15, 0.2) is 4.52 Å². The maximum atomic E-state index is 9.69. The number of aliphatic hydroxyl groups is 1. The highest BCUT2D eigenvalue weighted by atomic mass is 16.5. The highest BCUT2D eigenvalue weighted by molar-refractivity contribution is 5.01. The molecule has 0 bridgehead atoms. The van der Waals surface area contributed by atoms with Gasteiger partial charge in [0.15, 0.2) is 5.82 Å². The van der Waals surface area contributed by atoms with Crippen LogP contribution >= 0.6 is 0 Å². The second-order valence-electron chi connectivity index (χ2n) is 4.56. The lowest BCUT2D eigenvalue weighted by Gasteiger charge is -2.19. The van der Waals surface area contributed by atoms with Gasteiger partial charge in [-0.25, -0.2) is 0 Å². The van der Waals surface area contributed by atoms with Crippen molar-refractivity contribution in [3.63, 3.8) is 0 Å². The van der Waals surface area contributed by atoms with Crippen molar-refractivity contribution in [2.45, 2.75) is 38.2 Å². The van der Waals surface area contributed by atoms with Gasteiger partial charge >= 0.3 is 0 Å². The highest BCUT2D eigenvalue weighted by Gasteiger charge is 2.27. The van der Waals surface area contributed by atoms with Crippen LogP contribution in [0.3, 0.4) is 0 Å². The van der Waals surface area contributed by atoms with E-state index in [1.807, 2.05) is 0 Å². The zero-order chi connectivity index (χ0) is 10.9. The molecule has 0 aliphatic carbocycles. The molecule has 1 aliphatic heterocycles. The van der Waals surface area contributed by atoms with Gasteiger partial charge in [-0.2, -0.15) is 4.98 Å². The van der Waals surface area contributed by atoms with Gasteiger partial charge in [-0.05, 0) is 33.2 Å². The Bertz CT molecular complexity index is 324. The number of hydrogen-bond acceptors (Lipinski definition) is 5. The van der Waals surface area contributed by atoms with Crippen LogP contribution < -0.4 is 5.32 Å². The maximum absolute atomic E-state index is 9.69. The minimum atomic E-state index is -1.05. The smallest absolute Gasteiger partial charge is 0.258 e. The molecule has 0 aromatic carbocycles. The molecule has 84 valence electrons. The van der Waals surface area contributed by atoms with Crippen molar-refractivity contribution < 1.29 is 9.63 Å². The molecule has 1 aliphatic rings. The van der Waals surface area contributed by atoms with E-state index in [2.05, 4.69) is 15.5 Å². The first-order chi connectivity index (χ1) is 7.07. The Morgan fingerprint density at radius 3 is 2.87 bits per heavy atom. The van der Waals surface area contributed by atoms with Crippen molar-refractivity contribution in [1.82, 2.24) is 15.5 Å². The van der Waals surface area contributed by atoms with Crippen LogP contribution in [0.2, 0.25) is 0 Å². The monoisotopic (exact) mass is 211 g/mol. The van der Waals surface area contributed by atoms with Gasteiger partial charge in [0.1, 0.15) is 5.60 Å². The van der Waals surface area contributed by atoms with E-state index < -0.39 is 5.60 Å². The third-order valence-electron chi connectivity index (χ3n) is 2.63. The van der Waals surface area contributed by atoms with Gasteiger partial charge in [0.25, 0.3) is 5.89 Å². The summed E-state index contributed by atoms with van der Waals surface area (Å²) in [7, 11) is 0. The topological polar surface area (TPSA) is 71.2 Å². The summed E-state index contributed by atoms with van der Waals surface area (Å²) in [6.07, 6.45) is 2.22. The van der Waals surface area contributed by atoms with E-state index in [1.165, 1.54) is 0 Å². The van der Waals surface area contributed by atoms with Crippen LogP contribution in [0, 0.1) is 0 Å². The molecular weight excluding hydrogens is 194 g/mol. The molecule has 1 unspecified atom stereocenters. The van der Waals surface area contributed by atoms with Crippen molar-refractivity contribution in [3.8, 4) is 0 Å². The van der Waals surface area contributed by atoms with Gasteiger partial charge in [-0.3, -0.25) is 0 Å². The summed E-state index contributed by atoms with van der Waals surface area (Å²) in [6, 6.07) is 0. The predicted octanol–water partition coefficient (Wildman–Crippen LogP) is 0.764. The van der Waals surface area contributed by atoms with Gasteiger partial charge < -0.3 is 14.9 Å². The second kappa shape index (κ2) is 3.90. The number of nitrogens with one attached hydrogen (secondary N) is 1. The third-order valence-corrected chi connectivity index (χ3v) is 2.63. The van der Waals surface area contributed by atoms with E-state index in [0.717, 1.165) is 25.9 Å². The number of hydrogen-bond donors (Lipinski definition) is 2. The van der Waals surface area contributed by atoms with E-state index >= 15 is 0 Å². The molecule has 1 aromatic heterocycles. The molecule has 0 radical (unpaired) electrons. The van der Waals surface area contributed by atoms with Crippen LogP contribution in [-0.4, -0.2) is 28.3 Å². The zero-order valence-corrected chi connectivity index (χ0v) is 9.16. The molecule has 1 aromatic rings. The molecule has 5 heteroatoms. The molecule has 1 atom stereocenters. The van der Waals surface area contributed by atoms with Crippen molar-refractivity contribution in [2.24, 2.45) is 0 Å². The molecule has 15 heavy (non-hydrogen) atoms. The summed E-state index contributed by atoms with van der Waals surface area (Å²) >= 11 is 0. The fraction of sp³-hybridized carbons (Fsp3) is 0.800. The van der Waals surface area contributed by atoms with Crippen LogP contribution in [0.5, 0.6) is 0 Å². The van der Waals surface area contributed by atoms with Crippen LogP contribution in [0.4, 0.5) is 0 Å². The molecule has 2 rings (SSSR count). The van der Waals surface area contributed by atoms with Gasteiger partial charge in [-0.1, -0.05) is 5.16 Å². The van der Waals surface area contributed by atoms with Gasteiger partial charge in [0.05, 0.1) is 0 Å². The molecule has 0 amide bonds. The highest BCUT2D eigenvalue weighted by Crippen LogP contribution is 2.23. The van der Waals surface area contributed by atoms with E-state index in [9.17, 15) is 5.11 Å². The van der Waals surface area contributed by atoms with Gasteiger partial charge in [0.2, 0.25) is 0 Å². The van der Waals surface area contributed by atoms with E-state index in [0.29, 0.717) is 17.6 Å². The first-order valence-electron chi connectivity index (χ1n) is 5.34. The summed E-state index contributed by atoms with van der Waals surface area (Å²) in [6.45, 7) is 5.24. The first-order valence-corrected chi connectivity index (χ1v) is 5.34. The van der Waals surface area contributed by atoms with Crippen molar-refractivity contribution >= 4 is 0 Å². The van der Waals surface area contributed by atoms with E-state index in [-0.39, 0.29) is 0 Å². The van der Waals surface area contributed by atoms with Crippen molar-refractivity contribution in [2.75, 3.05) is 13.1 Å². The molecule has 0 spiro atoms. The van der Waals surface area contributed by atoms with Crippen molar-refractivity contribution in [3.05, 3.63) is 11.7 Å². The molecule has 5 nitrogen and oxygen atoms in total. The van der Waals surface area contributed by atoms with E-state index in [1.54, 1.807) is 13.8 Å². The van der Waals surface area contributed by atoms with Crippen molar-refractivity contribution in [1.29, 1.82) is 0 Å².